The molecule has 1 N–H and O–H groups in total. The van der Waals surface area contributed by atoms with Gasteiger partial charge in [0.15, 0.2) is 0 Å². The van der Waals surface area contributed by atoms with Gasteiger partial charge in [-0.05, 0) is 55.1 Å². The number of rotatable bonds is 10. The lowest BCUT2D eigenvalue weighted by Gasteiger charge is -2.16. The quantitative estimate of drug-likeness (QED) is 0.619. The zero-order valence-electron chi connectivity index (χ0n) is 15.6. The molecule has 0 saturated heterocycles. The highest BCUT2D eigenvalue weighted by Crippen LogP contribution is 2.26. The van der Waals surface area contributed by atoms with Crippen molar-refractivity contribution in [2.75, 3.05) is 25.5 Å². The Bertz CT molecular complexity index is 558. The molecule has 0 radical (unpaired) electrons. The molecule has 1 aromatic heterocycles. The number of hydrogen-bond donors (Lipinski definition) is 1. The molecular formula is C21H32N2O. The van der Waals surface area contributed by atoms with Crippen molar-refractivity contribution in [1.29, 1.82) is 0 Å². The van der Waals surface area contributed by atoms with Crippen molar-refractivity contribution in [3.8, 4) is 0 Å². The first kappa shape index (κ1) is 18.6. The summed E-state index contributed by atoms with van der Waals surface area (Å²) in [5.74, 6) is 2.39. The second-order valence-corrected chi connectivity index (χ2v) is 7.21. The Morgan fingerprint density at radius 3 is 2.33 bits per heavy atom. The van der Waals surface area contributed by atoms with Gasteiger partial charge in [-0.3, -0.25) is 0 Å². The van der Waals surface area contributed by atoms with E-state index in [9.17, 15) is 0 Å². The van der Waals surface area contributed by atoms with Crippen LogP contribution in [0.15, 0.2) is 47.1 Å². The maximum absolute atomic E-state index is 5.65. The summed E-state index contributed by atoms with van der Waals surface area (Å²) in [7, 11) is 4.14. The summed E-state index contributed by atoms with van der Waals surface area (Å²) in [6.07, 6.45) is 5.36. The Labute approximate surface area is 147 Å². The maximum atomic E-state index is 5.65. The predicted molar refractivity (Wildman–Crippen MR) is 103 cm³/mol. The Hall–Kier alpha value is -1.74. The third-order valence-electron chi connectivity index (χ3n) is 4.49. The Morgan fingerprint density at radius 2 is 1.75 bits per heavy atom. The van der Waals surface area contributed by atoms with Crippen molar-refractivity contribution < 1.29 is 4.42 Å². The van der Waals surface area contributed by atoms with E-state index in [1.165, 1.54) is 24.1 Å². The number of anilines is 1. The van der Waals surface area contributed by atoms with Gasteiger partial charge in [0.1, 0.15) is 5.76 Å². The SMILES string of the molecule is CC(C)CC[C@H](CCNCc1ccc(N(C)C)cc1)c1ccco1. The smallest absolute Gasteiger partial charge is 0.106 e. The van der Waals surface area contributed by atoms with E-state index in [0.717, 1.165) is 31.2 Å². The molecule has 2 aromatic rings. The second kappa shape index (κ2) is 9.53. The van der Waals surface area contributed by atoms with E-state index in [1.807, 2.05) is 6.07 Å². The highest BCUT2D eigenvalue weighted by atomic mass is 16.3. The van der Waals surface area contributed by atoms with Crippen LogP contribution >= 0.6 is 0 Å². The lowest BCUT2D eigenvalue weighted by Crippen LogP contribution is -2.17. The number of nitrogens with one attached hydrogen (secondary N) is 1. The zero-order chi connectivity index (χ0) is 17.4. The Balaban J connectivity index is 1.77. The summed E-state index contributed by atoms with van der Waals surface area (Å²) in [6, 6.07) is 12.9. The monoisotopic (exact) mass is 328 g/mol. The molecule has 0 unspecified atom stereocenters. The second-order valence-electron chi connectivity index (χ2n) is 7.21. The van der Waals surface area contributed by atoms with Gasteiger partial charge < -0.3 is 14.6 Å². The van der Waals surface area contributed by atoms with Gasteiger partial charge in [0.2, 0.25) is 0 Å². The zero-order valence-corrected chi connectivity index (χ0v) is 15.6. The van der Waals surface area contributed by atoms with Crippen molar-refractivity contribution >= 4 is 5.69 Å². The van der Waals surface area contributed by atoms with Gasteiger partial charge in [-0.15, -0.1) is 0 Å². The van der Waals surface area contributed by atoms with Crippen molar-refractivity contribution in [3.05, 3.63) is 54.0 Å². The van der Waals surface area contributed by atoms with Gasteiger partial charge in [-0.25, -0.2) is 0 Å². The van der Waals surface area contributed by atoms with Crippen LogP contribution < -0.4 is 10.2 Å². The number of nitrogens with zero attached hydrogens (tertiary/aromatic N) is 1. The molecule has 24 heavy (non-hydrogen) atoms. The fraction of sp³-hybridized carbons (Fsp3) is 0.524. The molecular weight excluding hydrogens is 296 g/mol. The summed E-state index contributed by atoms with van der Waals surface area (Å²) in [6.45, 7) is 6.51. The largest absolute Gasteiger partial charge is 0.469 e. The molecule has 0 aliphatic carbocycles. The molecule has 0 amide bonds. The third kappa shape index (κ3) is 6.04. The van der Waals surface area contributed by atoms with E-state index >= 15 is 0 Å². The van der Waals surface area contributed by atoms with Crippen LogP contribution in [0.5, 0.6) is 0 Å². The number of benzene rings is 1. The number of furan rings is 1. The van der Waals surface area contributed by atoms with E-state index in [1.54, 1.807) is 6.26 Å². The maximum Gasteiger partial charge on any atom is 0.106 e. The molecule has 0 saturated carbocycles. The minimum Gasteiger partial charge on any atom is -0.469 e. The Kier molecular flexibility index (Phi) is 7.38. The molecule has 132 valence electrons. The van der Waals surface area contributed by atoms with Crippen molar-refractivity contribution in [1.82, 2.24) is 5.32 Å². The molecule has 3 heteroatoms. The fourth-order valence-corrected chi connectivity index (χ4v) is 2.91. The summed E-state index contributed by atoms with van der Waals surface area (Å²) in [5.41, 5.74) is 2.57. The van der Waals surface area contributed by atoms with Gasteiger partial charge >= 0.3 is 0 Å². The first-order chi connectivity index (χ1) is 11.6. The van der Waals surface area contributed by atoms with Crippen molar-refractivity contribution in [3.63, 3.8) is 0 Å². The van der Waals surface area contributed by atoms with Crippen molar-refractivity contribution in [2.24, 2.45) is 5.92 Å². The van der Waals surface area contributed by atoms with Crippen LogP contribution in [0.2, 0.25) is 0 Å². The molecule has 1 heterocycles. The van der Waals surface area contributed by atoms with E-state index in [-0.39, 0.29) is 0 Å². The summed E-state index contributed by atoms with van der Waals surface area (Å²) < 4.78 is 5.65. The topological polar surface area (TPSA) is 28.4 Å². The van der Waals surface area contributed by atoms with Crippen LogP contribution in [0, 0.1) is 5.92 Å². The van der Waals surface area contributed by atoms with E-state index in [2.05, 4.69) is 68.5 Å². The average molecular weight is 329 g/mol. The highest BCUT2D eigenvalue weighted by Gasteiger charge is 2.14. The van der Waals surface area contributed by atoms with Gasteiger partial charge in [0.05, 0.1) is 6.26 Å². The van der Waals surface area contributed by atoms with Crippen LogP contribution in [0.3, 0.4) is 0 Å². The normalized spacial score (nSPS) is 12.5. The Morgan fingerprint density at radius 1 is 1.00 bits per heavy atom. The molecule has 1 aromatic carbocycles. The minimum atomic E-state index is 0.519. The van der Waals surface area contributed by atoms with Crippen molar-refractivity contribution in [2.45, 2.75) is 45.6 Å². The van der Waals surface area contributed by atoms with E-state index in [0.29, 0.717) is 5.92 Å². The van der Waals surface area contributed by atoms with Gasteiger partial charge in [-0.1, -0.05) is 32.4 Å². The van der Waals surface area contributed by atoms with E-state index < -0.39 is 0 Å². The third-order valence-corrected chi connectivity index (χ3v) is 4.49. The summed E-state index contributed by atoms with van der Waals surface area (Å²) in [4.78, 5) is 2.12. The lowest BCUT2D eigenvalue weighted by molar-refractivity contribution is 0.397. The van der Waals surface area contributed by atoms with Crippen LogP contribution in [0.4, 0.5) is 5.69 Å². The van der Waals surface area contributed by atoms with Crippen LogP contribution in [0.25, 0.3) is 0 Å². The predicted octanol–water partition coefficient (Wildman–Crippen LogP) is 5.05. The summed E-state index contributed by atoms with van der Waals surface area (Å²) in [5, 5.41) is 3.58. The average Bonchev–Trinajstić information content (AvgIpc) is 3.08. The minimum absolute atomic E-state index is 0.519. The molecule has 0 aliphatic rings. The van der Waals surface area contributed by atoms with Gasteiger partial charge in [0.25, 0.3) is 0 Å². The molecule has 0 bridgehead atoms. The molecule has 2 rings (SSSR count). The van der Waals surface area contributed by atoms with Gasteiger partial charge in [-0.2, -0.15) is 0 Å². The standard InChI is InChI=1S/C21H32N2O/c1-17(2)7-10-19(21-6-5-15-24-21)13-14-22-16-18-8-11-20(12-9-18)23(3)4/h5-6,8-9,11-12,15,17,19,22H,7,10,13-14,16H2,1-4H3/t19-/m1/s1. The summed E-state index contributed by atoms with van der Waals surface area (Å²) >= 11 is 0. The molecule has 3 nitrogen and oxygen atoms in total. The molecule has 0 fully saturated rings. The van der Waals surface area contributed by atoms with Crippen LogP contribution in [-0.4, -0.2) is 20.6 Å². The highest BCUT2D eigenvalue weighted by molar-refractivity contribution is 5.45. The van der Waals surface area contributed by atoms with Crippen LogP contribution in [-0.2, 0) is 6.54 Å². The molecule has 1 atom stereocenters. The first-order valence-electron chi connectivity index (χ1n) is 9.06. The van der Waals surface area contributed by atoms with Crippen LogP contribution in [0.1, 0.15) is 50.4 Å². The fourth-order valence-electron chi connectivity index (χ4n) is 2.91. The molecule has 0 spiro atoms. The number of hydrogen-bond acceptors (Lipinski definition) is 3. The van der Waals surface area contributed by atoms with E-state index in [4.69, 9.17) is 4.42 Å². The first-order valence-corrected chi connectivity index (χ1v) is 9.06. The van der Waals surface area contributed by atoms with Gasteiger partial charge in [0, 0.05) is 32.2 Å². The molecule has 0 aliphatic heterocycles. The lowest BCUT2D eigenvalue weighted by atomic mass is 9.93.